The first kappa shape index (κ1) is 15.0. The highest BCUT2D eigenvalue weighted by atomic mass is 19.1. The van der Waals surface area contributed by atoms with Crippen molar-refractivity contribution >= 4 is 17.1 Å². The van der Waals surface area contributed by atoms with Crippen molar-refractivity contribution in [2.24, 2.45) is 0 Å². The highest BCUT2D eigenvalue weighted by Crippen LogP contribution is 2.32. The minimum Gasteiger partial charge on any atom is -0.490 e. The maximum absolute atomic E-state index is 13.3. The van der Waals surface area contributed by atoms with Crippen LogP contribution in [0.4, 0.5) is 21.5 Å². The van der Waals surface area contributed by atoms with Gasteiger partial charge in [-0.15, -0.1) is 0 Å². The van der Waals surface area contributed by atoms with E-state index in [1.807, 2.05) is 32.0 Å². The Morgan fingerprint density at radius 3 is 2.33 bits per heavy atom. The lowest BCUT2D eigenvalue weighted by atomic mass is 10.2. The molecule has 0 radical (unpaired) electrons. The standard InChI is InChI=1S/C16H19FN2O2/c1-3-20-15-6-5-13(10-16(15)21-4-2)19-14-8-11(17)7-12(18)9-14/h5-10,19H,3-4,18H2,1-2H3. The van der Waals surface area contributed by atoms with Crippen LogP contribution >= 0.6 is 0 Å². The van der Waals surface area contributed by atoms with E-state index < -0.39 is 0 Å². The van der Waals surface area contributed by atoms with Gasteiger partial charge in [-0.2, -0.15) is 0 Å². The van der Waals surface area contributed by atoms with Crippen LogP contribution in [0.1, 0.15) is 13.8 Å². The van der Waals surface area contributed by atoms with Gasteiger partial charge in [-0.1, -0.05) is 0 Å². The Hall–Kier alpha value is -2.43. The average molecular weight is 290 g/mol. The summed E-state index contributed by atoms with van der Waals surface area (Å²) >= 11 is 0. The molecule has 0 spiro atoms. The van der Waals surface area contributed by atoms with E-state index in [0.29, 0.717) is 36.1 Å². The molecule has 5 heteroatoms. The number of hydrogen-bond donors (Lipinski definition) is 2. The molecule has 112 valence electrons. The van der Waals surface area contributed by atoms with Crippen LogP contribution in [-0.4, -0.2) is 13.2 Å². The number of nitrogens with two attached hydrogens (primary N) is 1. The number of nitrogens with one attached hydrogen (secondary N) is 1. The fourth-order valence-corrected chi connectivity index (χ4v) is 1.98. The molecular formula is C16H19FN2O2. The van der Waals surface area contributed by atoms with Gasteiger partial charge in [-0.25, -0.2) is 4.39 Å². The Bertz CT molecular complexity index is 597. The van der Waals surface area contributed by atoms with E-state index in [0.717, 1.165) is 5.69 Å². The van der Waals surface area contributed by atoms with E-state index in [4.69, 9.17) is 15.2 Å². The second-order valence-electron chi connectivity index (χ2n) is 4.43. The molecular weight excluding hydrogens is 271 g/mol. The molecule has 0 aliphatic carbocycles. The molecule has 0 saturated carbocycles. The van der Waals surface area contributed by atoms with Crippen molar-refractivity contribution < 1.29 is 13.9 Å². The molecule has 0 atom stereocenters. The molecule has 0 aromatic heterocycles. The molecule has 0 amide bonds. The molecule has 2 aromatic carbocycles. The lowest BCUT2D eigenvalue weighted by Gasteiger charge is -2.13. The smallest absolute Gasteiger partial charge is 0.163 e. The summed E-state index contributed by atoms with van der Waals surface area (Å²) in [5, 5.41) is 3.10. The zero-order valence-electron chi connectivity index (χ0n) is 12.2. The fraction of sp³-hybridized carbons (Fsp3) is 0.250. The summed E-state index contributed by atoms with van der Waals surface area (Å²) in [6.45, 7) is 4.92. The molecule has 0 fully saturated rings. The Morgan fingerprint density at radius 1 is 0.952 bits per heavy atom. The van der Waals surface area contributed by atoms with E-state index in [2.05, 4.69) is 5.32 Å². The van der Waals surface area contributed by atoms with Crippen molar-refractivity contribution in [2.75, 3.05) is 24.3 Å². The number of rotatable bonds is 6. The van der Waals surface area contributed by atoms with Gasteiger partial charge in [0.25, 0.3) is 0 Å². The predicted octanol–water partition coefficient (Wildman–Crippen LogP) is 3.95. The summed E-state index contributed by atoms with van der Waals surface area (Å²) in [6, 6.07) is 9.80. The summed E-state index contributed by atoms with van der Waals surface area (Å²) in [4.78, 5) is 0. The normalized spacial score (nSPS) is 10.2. The molecule has 0 saturated heterocycles. The third kappa shape index (κ3) is 4.02. The number of benzene rings is 2. The van der Waals surface area contributed by atoms with Gasteiger partial charge in [-0.3, -0.25) is 0 Å². The highest BCUT2D eigenvalue weighted by molar-refractivity contribution is 5.66. The van der Waals surface area contributed by atoms with Crippen LogP contribution < -0.4 is 20.5 Å². The van der Waals surface area contributed by atoms with Crippen LogP contribution in [-0.2, 0) is 0 Å². The predicted molar refractivity (Wildman–Crippen MR) is 82.9 cm³/mol. The van der Waals surface area contributed by atoms with E-state index in [-0.39, 0.29) is 5.82 Å². The first-order valence-corrected chi connectivity index (χ1v) is 6.85. The maximum Gasteiger partial charge on any atom is 0.163 e. The topological polar surface area (TPSA) is 56.5 Å². The Labute approximate surface area is 123 Å². The summed E-state index contributed by atoms with van der Waals surface area (Å²) in [7, 11) is 0. The van der Waals surface area contributed by atoms with Gasteiger partial charge in [-0.05, 0) is 44.2 Å². The summed E-state index contributed by atoms with van der Waals surface area (Å²) in [5.74, 6) is 0.950. The Morgan fingerprint density at radius 2 is 1.67 bits per heavy atom. The van der Waals surface area contributed by atoms with Crippen LogP contribution in [0, 0.1) is 5.82 Å². The number of halogens is 1. The lowest BCUT2D eigenvalue weighted by Crippen LogP contribution is -2.00. The van der Waals surface area contributed by atoms with Crippen molar-refractivity contribution in [3.05, 3.63) is 42.2 Å². The van der Waals surface area contributed by atoms with Gasteiger partial charge in [0.05, 0.1) is 13.2 Å². The number of nitrogen functional groups attached to an aromatic ring is 1. The van der Waals surface area contributed by atoms with Gasteiger partial charge in [0.1, 0.15) is 5.82 Å². The first-order chi connectivity index (χ1) is 10.1. The SMILES string of the molecule is CCOc1ccc(Nc2cc(N)cc(F)c2)cc1OCC. The molecule has 21 heavy (non-hydrogen) atoms. The first-order valence-electron chi connectivity index (χ1n) is 6.85. The lowest BCUT2D eigenvalue weighted by molar-refractivity contribution is 0.288. The molecule has 0 aliphatic heterocycles. The van der Waals surface area contributed by atoms with Crippen LogP contribution in [0.5, 0.6) is 11.5 Å². The number of hydrogen-bond acceptors (Lipinski definition) is 4. The Balaban J connectivity index is 2.25. The second kappa shape index (κ2) is 6.83. The van der Waals surface area contributed by atoms with E-state index in [1.54, 1.807) is 6.07 Å². The number of anilines is 3. The molecule has 0 heterocycles. The van der Waals surface area contributed by atoms with Crippen molar-refractivity contribution in [3.8, 4) is 11.5 Å². The van der Waals surface area contributed by atoms with Gasteiger partial charge in [0.15, 0.2) is 11.5 Å². The van der Waals surface area contributed by atoms with Crippen LogP contribution in [0.2, 0.25) is 0 Å². The van der Waals surface area contributed by atoms with Crippen LogP contribution in [0.15, 0.2) is 36.4 Å². The van der Waals surface area contributed by atoms with Gasteiger partial charge in [0.2, 0.25) is 0 Å². The third-order valence-corrected chi connectivity index (χ3v) is 2.75. The quantitative estimate of drug-likeness (QED) is 0.791. The van der Waals surface area contributed by atoms with Crippen molar-refractivity contribution in [2.45, 2.75) is 13.8 Å². The zero-order chi connectivity index (χ0) is 15.2. The fourth-order valence-electron chi connectivity index (χ4n) is 1.98. The maximum atomic E-state index is 13.3. The summed E-state index contributed by atoms with van der Waals surface area (Å²) in [6.07, 6.45) is 0. The van der Waals surface area contributed by atoms with Crippen LogP contribution in [0.3, 0.4) is 0 Å². The Kier molecular flexibility index (Phi) is 4.87. The van der Waals surface area contributed by atoms with Crippen LogP contribution in [0.25, 0.3) is 0 Å². The molecule has 2 aromatic rings. The molecule has 3 N–H and O–H groups in total. The largest absolute Gasteiger partial charge is 0.490 e. The minimum absolute atomic E-state index is 0.369. The summed E-state index contributed by atoms with van der Waals surface area (Å²) in [5.41, 5.74) is 7.35. The van der Waals surface area contributed by atoms with Crippen molar-refractivity contribution in [1.82, 2.24) is 0 Å². The molecule has 0 aliphatic rings. The second-order valence-corrected chi connectivity index (χ2v) is 4.43. The summed E-state index contributed by atoms with van der Waals surface area (Å²) < 4.78 is 24.4. The van der Waals surface area contributed by atoms with Gasteiger partial charge < -0.3 is 20.5 Å². The van der Waals surface area contributed by atoms with E-state index >= 15 is 0 Å². The zero-order valence-corrected chi connectivity index (χ0v) is 12.2. The minimum atomic E-state index is -0.381. The van der Waals surface area contributed by atoms with Gasteiger partial charge >= 0.3 is 0 Å². The van der Waals surface area contributed by atoms with E-state index in [1.165, 1.54) is 12.1 Å². The third-order valence-electron chi connectivity index (χ3n) is 2.75. The average Bonchev–Trinajstić information content (AvgIpc) is 2.41. The number of ether oxygens (including phenoxy) is 2. The molecule has 2 rings (SSSR count). The van der Waals surface area contributed by atoms with E-state index in [9.17, 15) is 4.39 Å². The van der Waals surface area contributed by atoms with Crippen molar-refractivity contribution in [3.63, 3.8) is 0 Å². The van der Waals surface area contributed by atoms with Crippen molar-refractivity contribution in [1.29, 1.82) is 0 Å². The monoisotopic (exact) mass is 290 g/mol. The highest BCUT2D eigenvalue weighted by Gasteiger charge is 2.07. The molecule has 0 bridgehead atoms. The molecule has 4 nitrogen and oxygen atoms in total. The van der Waals surface area contributed by atoms with Gasteiger partial charge in [0, 0.05) is 23.1 Å². The molecule has 0 unspecified atom stereocenters.